The summed E-state index contributed by atoms with van der Waals surface area (Å²) in [6, 6.07) is 8.28. The molecule has 2 aromatic heterocycles. The Morgan fingerprint density at radius 2 is 1.78 bits per heavy atom. The van der Waals surface area contributed by atoms with Crippen LogP contribution in [0.1, 0.15) is 17.0 Å². The van der Waals surface area contributed by atoms with Crippen LogP contribution in [-0.2, 0) is 10.1 Å². The second kappa shape index (κ2) is 5.61. The highest BCUT2D eigenvalue weighted by Crippen LogP contribution is 2.30. The first-order valence-electron chi connectivity index (χ1n) is 6.81. The summed E-state index contributed by atoms with van der Waals surface area (Å²) in [5.74, 6) is -0.0354. The maximum absolute atomic E-state index is 12.4. The van der Waals surface area contributed by atoms with Crippen molar-refractivity contribution in [3.8, 4) is 5.88 Å². The van der Waals surface area contributed by atoms with Crippen LogP contribution in [0.25, 0.3) is 5.65 Å². The van der Waals surface area contributed by atoms with Crippen LogP contribution in [0.5, 0.6) is 5.88 Å². The lowest BCUT2D eigenvalue weighted by Gasteiger charge is -2.04. The first-order chi connectivity index (χ1) is 10.8. The van der Waals surface area contributed by atoms with E-state index in [0.29, 0.717) is 10.1 Å². The Bertz CT molecular complexity index is 995. The molecule has 3 rings (SSSR count). The molecule has 3 aromatic rings. The molecule has 0 unspecified atom stereocenters. The molecule has 23 heavy (non-hydrogen) atoms. The van der Waals surface area contributed by atoms with Gasteiger partial charge in [-0.2, -0.15) is 8.42 Å². The second-order valence-corrected chi connectivity index (χ2v) is 7.58. The normalized spacial score (nSPS) is 11.8. The number of aromatic nitrogens is 3. The van der Waals surface area contributed by atoms with Gasteiger partial charge in [0.25, 0.3) is 5.88 Å². The highest BCUT2D eigenvalue weighted by molar-refractivity contribution is 9.10. The van der Waals surface area contributed by atoms with Crippen molar-refractivity contribution in [2.24, 2.45) is 0 Å². The van der Waals surface area contributed by atoms with Crippen LogP contribution < -0.4 is 4.18 Å². The third-order valence-electron chi connectivity index (χ3n) is 3.31. The molecule has 0 aliphatic heterocycles. The second-order valence-electron chi connectivity index (χ2n) is 5.24. The molecule has 0 amide bonds. The van der Waals surface area contributed by atoms with Crippen LogP contribution in [0.3, 0.4) is 0 Å². The summed E-state index contributed by atoms with van der Waals surface area (Å²) in [7, 11) is -3.96. The standard InChI is InChI=1S/C15H14BrN3O3S/c1-9-4-6-12(7-5-9)23(20,21)22-15-13(16)14-17-10(2)8-11(3)19(14)18-15/h4-8H,1-3H3. The number of benzene rings is 1. The molecular formula is C15H14BrN3O3S. The number of nitrogens with zero attached hydrogens (tertiary/aromatic N) is 3. The van der Waals surface area contributed by atoms with Crippen molar-refractivity contribution < 1.29 is 12.6 Å². The fraction of sp³-hybridized carbons (Fsp3) is 0.200. The number of rotatable bonds is 3. The number of halogens is 1. The first-order valence-corrected chi connectivity index (χ1v) is 9.02. The minimum Gasteiger partial charge on any atom is -0.355 e. The summed E-state index contributed by atoms with van der Waals surface area (Å²) in [6.07, 6.45) is 0. The average Bonchev–Trinajstić information content (AvgIpc) is 2.77. The molecule has 0 bridgehead atoms. The average molecular weight is 396 g/mol. The van der Waals surface area contributed by atoms with Crippen molar-refractivity contribution in [3.05, 3.63) is 51.8 Å². The Hall–Kier alpha value is -1.93. The minimum absolute atomic E-state index is 0.0354. The Morgan fingerprint density at radius 1 is 1.13 bits per heavy atom. The van der Waals surface area contributed by atoms with Gasteiger partial charge in [0, 0.05) is 11.4 Å². The van der Waals surface area contributed by atoms with Crippen LogP contribution in [-0.4, -0.2) is 23.0 Å². The van der Waals surface area contributed by atoms with E-state index in [1.54, 1.807) is 12.1 Å². The lowest BCUT2D eigenvalue weighted by Crippen LogP contribution is -2.10. The molecule has 0 aliphatic rings. The molecular weight excluding hydrogens is 382 g/mol. The molecule has 0 saturated heterocycles. The summed E-state index contributed by atoms with van der Waals surface area (Å²) in [6.45, 7) is 5.60. The predicted molar refractivity (Wildman–Crippen MR) is 89.2 cm³/mol. The largest absolute Gasteiger partial charge is 0.355 e. The zero-order valence-corrected chi connectivity index (χ0v) is 15.1. The highest BCUT2D eigenvalue weighted by Gasteiger charge is 2.23. The van der Waals surface area contributed by atoms with Crippen LogP contribution in [0.15, 0.2) is 39.7 Å². The van der Waals surface area contributed by atoms with Crippen LogP contribution in [0, 0.1) is 20.8 Å². The maximum Gasteiger partial charge on any atom is 0.340 e. The molecule has 0 radical (unpaired) electrons. The Morgan fingerprint density at radius 3 is 2.43 bits per heavy atom. The number of hydrogen-bond acceptors (Lipinski definition) is 5. The quantitative estimate of drug-likeness (QED) is 0.636. The highest BCUT2D eigenvalue weighted by atomic mass is 79.9. The summed E-state index contributed by atoms with van der Waals surface area (Å²) in [5, 5.41) is 4.19. The van der Waals surface area contributed by atoms with Gasteiger partial charge in [0.15, 0.2) is 5.65 Å². The van der Waals surface area contributed by atoms with Gasteiger partial charge in [-0.25, -0.2) is 9.50 Å². The number of aryl methyl sites for hydroxylation is 3. The molecule has 0 N–H and O–H groups in total. The van der Waals surface area contributed by atoms with Crippen molar-refractivity contribution in [2.75, 3.05) is 0 Å². The Kier molecular flexibility index (Phi) is 3.89. The van der Waals surface area contributed by atoms with Gasteiger partial charge in [-0.1, -0.05) is 17.7 Å². The fourth-order valence-electron chi connectivity index (χ4n) is 2.19. The van der Waals surface area contributed by atoms with E-state index in [-0.39, 0.29) is 10.8 Å². The molecule has 0 saturated carbocycles. The van der Waals surface area contributed by atoms with Crippen molar-refractivity contribution in [1.82, 2.24) is 14.6 Å². The van der Waals surface area contributed by atoms with E-state index in [2.05, 4.69) is 26.0 Å². The van der Waals surface area contributed by atoms with Gasteiger partial charge in [-0.3, -0.25) is 0 Å². The van der Waals surface area contributed by atoms with E-state index < -0.39 is 10.1 Å². The van der Waals surface area contributed by atoms with Crippen molar-refractivity contribution in [1.29, 1.82) is 0 Å². The van der Waals surface area contributed by atoms with Gasteiger partial charge in [-0.15, -0.1) is 5.10 Å². The lowest BCUT2D eigenvalue weighted by molar-refractivity contribution is 0.472. The third-order valence-corrected chi connectivity index (χ3v) is 5.23. The molecule has 0 spiro atoms. The van der Waals surface area contributed by atoms with Gasteiger partial charge < -0.3 is 4.18 Å². The van der Waals surface area contributed by atoms with Gasteiger partial charge in [0.05, 0.1) is 0 Å². The smallest absolute Gasteiger partial charge is 0.340 e. The minimum atomic E-state index is -3.96. The summed E-state index contributed by atoms with van der Waals surface area (Å²) in [5.41, 5.74) is 3.11. The predicted octanol–water partition coefficient (Wildman–Crippen LogP) is 3.18. The molecule has 2 heterocycles. The summed E-state index contributed by atoms with van der Waals surface area (Å²) < 4.78 is 31.9. The van der Waals surface area contributed by atoms with Crippen LogP contribution in [0.2, 0.25) is 0 Å². The topological polar surface area (TPSA) is 73.6 Å². The number of hydrogen-bond donors (Lipinski definition) is 0. The van der Waals surface area contributed by atoms with Gasteiger partial charge in [0.1, 0.15) is 9.37 Å². The van der Waals surface area contributed by atoms with Crippen LogP contribution >= 0.6 is 15.9 Å². The number of fused-ring (bicyclic) bond motifs is 1. The fourth-order valence-corrected chi connectivity index (χ4v) is 3.60. The van der Waals surface area contributed by atoms with Gasteiger partial charge >= 0.3 is 10.1 Å². The summed E-state index contributed by atoms with van der Waals surface area (Å²) >= 11 is 3.32. The summed E-state index contributed by atoms with van der Waals surface area (Å²) in [4.78, 5) is 4.43. The molecule has 6 nitrogen and oxygen atoms in total. The zero-order valence-electron chi connectivity index (χ0n) is 12.7. The molecule has 1 aromatic carbocycles. The SMILES string of the molecule is Cc1ccc(S(=O)(=O)Oc2nn3c(C)cc(C)nc3c2Br)cc1. The molecule has 8 heteroatoms. The van der Waals surface area contributed by atoms with Gasteiger partial charge in [-0.05, 0) is 54.9 Å². The van der Waals surface area contributed by atoms with E-state index in [1.165, 1.54) is 16.6 Å². The first kappa shape index (κ1) is 15.9. The molecule has 120 valence electrons. The van der Waals surface area contributed by atoms with E-state index in [9.17, 15) is 8.42 Å². The monoisotopic (exact) mass is 395 g/mol. The maximum atomic E-state index is 12.4. The Balaban J connectivity index is 2.06. The molecule has 0 atom stereocenters. The third kappa shape index (κ3) is 2.96. The van der Waals surface area contributed by atoms with Crippen molar-refractivity contribution in [3.63, 3.8) is 0 Å². The van der Waals surface area contributed by atoms with Crippen LogP contribution in [0.4, 0.5) is 0 Å². The lowest BCUT2D eigenvalue weighted by atomic mass is 10.2. The Labute approximate surface area is 142 Å². The van der Waals surface area contributed by atoms with E-state index in [0.717, 1.165) is 17.0 Å². The zero-order chi connectivity index (χ0) is 16.8. The van der Waals surface area contributed by atoms with E-state index in [4.69, 9.17) is 4.18 Å². The van der Waals surface area contributed by atoms with Crippen molar-refractivity contribution >= 4 is 31.7 Å². The van der Waals surface area contributed by atoms with E-state index >= 15 is 0 Å². The van der Waals surface area contributed by atoms with Crippen molar-refractivity contribution in [2.45, 2.75) is 25.7 Å². The molecule has 0 fully saturated rings. The molecule has 0 aliphatic carbocycles. The van der Waals surface area contributed by atoms with E-state index in [1.807, 2.05) is 26.8 Å². The van der Waals surface area contributed by atoms with Gasteiger partial charge in [0.2, 0.25) is 0 Å².